The van der Waals surface area contributed by atoms with Gasteiger partial charge in [0.25, 0.3) is 11.8 Å². The van der Waals surface area contributed by atoms with E-state index in [2.05, 4.69) is 20.6 Å². The molecule has 32 heavy (non-hydrogen) atoms. The summed E-state index contributed by atoms with van der Waals surface area (Å²) < 4.78 is 14.6. The number of aliphatic imine (C=N–C) groups is 1. The molecule has 0 saturated heterocycles. The minimum atomic E-state index is -1.26. The van der Waals surface area contributed by atoms with E-state index in [1.54, 1.807) is 66.7 Å². The molecule has 0 aliphatic carbocycles. The van der Waals surface area contributed by atoms with E-state index in [0.717, 1.165) is 10.9 Å². The Morgan fingerprint density at radius 2 is 1.75 bits per heavy atom. The SMILES string of the molecule is O=C(N[C@H]1N=C(c2ccccc2F)c2ccccc2NC1=O)c1cc2cc(Cl)ccc2[nH]1. The van der Waals surface area contributed by atoms with Crippen LogP contribution in [0.2, 0.25) is 5.02 Å². The standard InChI is InChI=1S/C24H16ClFN4O2/c25-14-9-10-18-13(11-14)12-20(27-18)23(31)30-22-24(32)28-19-8-4-2-6-16(19)21(29-22)15-5-1-3-7-17(15)26/h1-12,22,27H,(H,28,32)(H,30,31)/t22-/m1/s1. The molecule has 0 saturated carbocycles. The number of nitrogens with one attached hydrogen (secondary N) is 3. The van der Waals surface area contributed by atoms with Crippen LogP contribution in [0.4, 0.5) is 10.1 Å². The third-order valence-electron chi connectivity index (χ3n) is 5.17. The van der Waals surface area contributed by atoms with Gasteiger partial charge in [0, 0.05) is 27.1 Å². The molecule has 1 aliphatic heterocycles. The molecule has 0 fully saturated rings. The van der Waals surface area contributed by atoms with Gasteiger partial charge in [-0.1, -0.05) is 41.9 Å². The van der Waals surface area contributed by atoms with Crippen LogP contribution in [-0.4, -0.2) is 28.7 Å². The Morgan fingerprint density at radius 1 is 1.00 bits per heavy atom. The summed E-state index contributed by atoms with van der Waals surface area (Å²) in [7, 11) is 0. The van der Waals surface area contributed by atoms with E-state index >= 15 is 0 Å². The van der Waals surface area contributed by atoms with Crippen LogP contribution in [0.5, 0.6) is 0 Å². The molecule has 5 rings (SSSR count). The lowest BCUT2D eigenvalue weighted by molar-refractivity contribution is -0.117. The molecule has 0 bridgehead atoms. The average Bonchev–Trinajstić information content (AvgIpc) is 3.15. The Balaban J connectivity index is 1.54. The van der Waals surface area contributed by atoms with Gasteiger partial charge in [-0.3, -0.25) is 9.59 Å². The van der Waals surface area contributed by atoms with Crippen molar-refractivity contribution in [1.29, 1.82) is 0 Å². The third kappa shape index (κ3) is 3.63. The minimum absolute atomic E-state index is 0.232. The van der Waals surface area contributed by atoms with E-state index in [9.17, 15) is 14.0 Å². The maximum Gasteiger partial charge on any atom is 0.269 e. The number of H-pyrrole nitrogens is 1. The van der Waals surface area contributed by atoms with E-state index in [1.807, 2.05) is 0 Å². The maximum absolute atomic E-state index is 14.6. The van der Waals surface area contributed by atoms with Gasteiger partial charge in [0.1, 0.15) is 11.5 Å². The number of hydrogen-bond acceptors (Lipinski definition) is 3. The first-order chi connectivity index (χ1) is 15.5. The highest BCUT2D eigenvalue weighted by molar-refractivity contribution is 6.31. The van der Waals surface area contributed by atoms with Gasteiger partial charge in [0.2, 0.25) is 6.17 Å². The summed E-state index contributed by atoms with van der Waals surface area (Å²) in [5.41, 5.74) is 2.52. The molecular weight excluding hydrogens is 431 g/mol. The lowest BCUT2D eigenvalue weighted by atomic mass is 10.0. The highest BCUT2D eigenvalue weighted by Gasteiger charge is 2.28. The zero-order valence-corrected chi connectivity index (χ0v) is 17.3. The number of amides is 2. The van der Waals surface area contributed by atoms with Gasteiger partial charge in [-0.15, -0.1) is 0 Å². The van der Waals surface area contributed by atoms with Gasteiger partial charge >= 0.3 is 0 Å². The molecule has 1 aromatic heterocycles. The Hall–Kier alpha value is -3.97. The fraction of sp³-hybridized carbons (Fsp3) is 0.0417. The van der Waals surface area contributed by atoms with Crippen LogP contribution in [0.25, 0.3) is 10.9 Å². The van der Waals surface area contributed by atoms with E-state index in [-0.39, 0.29) is 17.0 Å². The predicted molar refractivity (Wildman–Crippen MR) is 122 cm³/mol. The summed E-state index contributed by atoms with van der Waals surface area (Å²) in [5, 5.41) is 6.70. The lowest BCUT2D eigenvalue weighted by Crippen LogP contribution is -2.42. The highest BCUT2D eigenvalue weighted by Crippen LogP contribution is 2.25. The van der Waals surface area contributed by atoms with Crippen LogP contribution in [0.3, 0.4) is 0 Å². The molecule has 6 nitrogen and oxygen atoms in total. The van der Waals surface area contributed by atoms with E-state index in [0.29, 0.717) is 16.3 Å². The van der Waals surface area contributed by atoms with Crippen LogP contribution >= 0.6 is 11.6 Å². The van der Waals surface area contributed by atoms with Crippen molar-refractivity contribution >= 4 is 45.7 Å². The Kier molecular flexibility index (Phi) is 4.95. The molecule has 3 aromatic carbocycles. The molecule has 3 N–H and O–H groups in total. The van der Waals surface area contributed by atoms with Crippen molar-refractivity contribution < 1.29 is 14.0 Å². The van der Waals surface area contributed by atoms with Crippen molar-refractivity contribution in [2.24, 2.45) is 4.99 Å². The molecule has 0 spiro atoms. The number of carbonyl (C=O) groups is 2. The fourth-order valence-corrected chi connectivity index (χ4v) is 3.83. The Morgan fingerprint density at radius 3 is 2.56 bits per heavy atom. The quantitative estimate of drug-likeness (QED) is 0.432. The molecule has 1 aliphatic rings. The first-order valence-electron chi connectivity index (χ1n) is 9.82. The average molecular weight is 447 g/mol. The summed E-state index contributed by atoms with van der Waals surface area (Å²) in [6, 6.07) is 20.0. The second-order valence-corrected chi connectivity index (χ2v) is 7.72. The smallest absolute Gasteiger partial charge is 0.269 e. The Labute approximate surface area is 187 Å². The highest BCUT2D eigenvalue weighted by atomic mass is 35.5. The fourth-order valence-electron chi connectivity index (χ4n) is 3.65. The van der Waals surface area contributed by atoms with E-state index in [1.165, 1.54) is 6.07 Å². The van der Waals surface area contributed by atoms with Gasteiger partial charge in [0.15, 0.2) is 0 Å². The molecule has 4 aromatic rings. The number of fused-ring (bicyclic) bond motifs is 2. The number of benzene rings is 3. The lowest BCUT2D eigenvalue weighted by Gasteiger charge is -2.13. The van der Waals surface area contributed by atoms with Gasteiger partial charge in [-0.05, 0) is 42.5 Å². The number of anilines is 1. The van der Waals surface area contributed by atoms with E-state index in [4.69, 9.17) is 11.6 Å². The zero-order chi connectivity index (χ0) is 22.2. The van der Waals surface area contributed by atoms with Crippen LogP contribution in [0.1, 0.15) is 21.6 Å². The number of hydrogen-bond donors (Lipinski definition) is 3. The summed E-state index contributed by atoms with van der Waals surface area (Å²) >= 11 is 6.02. The normalized spacial score (nSPS) is 15.5. The number of para-hydroxylation sites is 1. The van der Waals surface area contributed by atoms with Crippen LogP contribution in [0.15, 0.2) is 77.8 Å². The predicted octanol–water partition coefficient (Wildman–Crippen LogP) is 4.51. The minimum Gasteiger partial charge on any atom is -0.351 e. The molecule has 1 atom stereocenters. The number of rotatable bonds is 3. The van der Waals surface area contributed by atoms with Crippen molar-refractivity contribution in [2.45, 2.75) is 6.17 Å². The van der Waals surface area contributed by atoms with Gasteiger partial charge in [-0.2, -0.15) is 0 Å². The number of nitrogens with zero attached hydrogens (tertiary/aromatic N) is 1. The first kappa shape index (κ1) is 20.0. The molecule has 0 unspecified atom stereocenters. The largest absolute Gasteiger partial charge is 0.351 e. The topological polar surface area (TPSA) is 86.3 Å². The van der Waals surface area contributed by atoms with Gasteiger partial charge < -0.3 is 15.6 Å². The molecular formula is C24H16ClFN4O2. The summed E-state index contributed by atoms with van der Waals surface area (Å²) in [5.74, 6) is -1.54. The number of aromatic amines is 1. The second-order valence-electron chi connectivity index (χ2n) is 7.28. The van der Waals surface area contributed by atoms with Gasteiger partial charge in [-0.25, -0.2) is 9.38 Å². The summed E-state index contributed by atoms with van der Waals surface area (Å²) in [6.07, 6.45) is -1.26. The van der Waals surface area contributed by atoms with E-state index < -0.39 is 23.8 Å². The van der Waals surface area contributed by atoms with Crippen LogP contribution < -0.4 is 10.6 Å². The molecule has 2 heterocycles. The van der Waals surface area contributed by atoms with Crippen molar-refractivity contribution in [3.05, 3.63) is 100 Å². The van der Waals surface area contributed by atoms with Crippen molar-refractivity contribution in [3.63, 3.8) is 0 Å². The number of aromatic nitrogens is 1. The Bertz CT molecular complexity index is 1410. The molecule has 8 heteroatoms. The van der Waals surface area contributed by atoms with Crippen molar-refractivity contribution in [2.75, 3.05) is 5.32 Å². The molecule has 2 amide bonds. The number of halogens is 2. The zero-order valence-electron chi connectivity index (χ0n) is 16.5. The second kappa shape index (κ2) is 7.94. The van der Waals surface area contributed by atoms with Crippen molar-refractivity contribution in [3.8, 4) is 0 Å². The third-order valence-corrected chi connectivity index (χ3v) is 5.41. The first-order valence-corrected chi connectivity index (χ1v) is 10.2. The number of carbonyl (C=O) groups excluding carboxylic acids is 2. The summed E-state index contributed by atoms with van der Waals surface area (Å²) in [6.45, 7) is 0. The van der Waals surface area contributed by atoms with Crippen molar-refractivity contribution in [1.82, 2.24) is 10.3 Å². The maximum atomic E-state index is 14.6. The number of benzodiazepines with no additional fused rings is 1. The summed E-state index contributed by atoms with van der Waals surface area (Å²) in [4.78, 5) is 33.2. The monoisotopic (exact) mass is 446 g/mol. The van der Waals surface area contributed by atoms with Crippen LogP contribution in [-0.2, 0) is 4.79 Å². The van der Waals surface area contributed by atoms with Crippen LogP contribution in [0, 0.1) is 5.82 Å². The van der Waals surface area contributed by atoms with Gasteiger partial charge in [0.05, 0.1) is 11.4 Å². The molecule has 158 valence electrons. The molecule has 0 radical (unpaired) electrons.